The van der Waals surface area contributed by atoms with E-state index in [1.807, 2.05) is 36.5 Å². The zero-order valence-electron chi connectivity index (χ0n) is 11.1. The van der Waals surface area contributed by atoms with Crippen LogP contribution in [-0.2, 0) is 6.54 Å². The number of hydrogen-bond donors (Lipinski definition) is 3. The van der Waals surface area contributed by atoms with Gasteiger partial charge in [-0.1, -0.05) is 37.3 Å². The van der Waals surface area contributed by atoms with Crippen LogP contribution in [0.15, 0.2) is 41.5 Å². The molecule has 0 amide bonds. The molecular weight excluding hydrogens is 238 g/mol. The molecule has 1 aromatic carbocycles. The monoisotopic (exact) mass is 257 g/mol. The number of aromatic amines is 1. The molecule has 5 nitrogen and oxygen atoms in total. The Labute approximate surface area is 113 Å². The highest BCUT2D eigenvalue weighted by atomic mass is 15.1. The van der Waals surface area contributed by atoms with Gasteiger partial charge in [-0.05, 0) is 12.0 Å². The van der Waals surface area contributed by atoms with Gasteiger partial charge < -0.3 is 16.0 Å². The van der Waals surface area contributed by atoms with Crippen molar-refractivity contribution in [2.24, 2.45) is 10.7 Å². The predicted molar refractivity (Wildman–Crippen MR) is 77.6 cm³/mol. The van der Waals surface area contributed by atoms with E-state index in [4.69, 9.17) is 5.73 Å². The lowest BCUT2D eigenvalue weighted by molar-refractivity contribution is 0.820. The Bertz CT molecular complexity index is 530. The number of H-pyrrole nitrogens is 1. The van der Waals surface area contributed by atoms with Gasteiger partial charge in [-0.3, -0.25) is 0 Å². The molecular formula is C14H19N5. The van der Waals surface area contributed by atoms with E-state index in [1.54, 1.807) is 0 Å². The second kappa shape index (κ2) is 6.58. The third-order valence-corrected chi connectivity index (χ3v) is 2.67. The second-order valence-corrected chi connectivity index (χ2v) is 4.24. The van der Waals surface area contributed by atoms with Crippen LogP contribution in [0.5, 0.6) is 0 Å². The first-order chi connectivity index (χ1) is 9.29. The van der Waals surface area contributed by atoms with Crippen LogP contribution in [0, 0.1) is 0 Å². The predicted octanol–water partition coefficient (Wildman–Crippen LogP) is 1.89. The second-order valence-electron chi connectivity index (χ2n) is 4.24. The minimum Gasteiger partial charge on any atom is -0.370 e. The molecule has 19 heavy (non-hydrogen) atoms. The molecule has 0 aliphatic rings. The fraction of sp³-hybridized carbons (Fsp3) is 0.286. The molecule has 5 heteroatoms. The highest BCUT2D eigenvalue weighted by molar-refractivity contribution is 5.77. The molecule has 0 bridgehead atoms. The molecule has 0 saturated carbocycles. The molecule has 0 saturated heterocycles. The summed E-state index contributed by atoms with van der Waals surface area (Å²) in [6, 6.07) is 10.1. The third kappa shape index (κ3) is 3.84. The lowest BCUT2D eigenvalue weighted by Gasteiger charge is -2.02. The van der Waals surface area contributed by atoms with Gasteiger partial charge in [-0.15, -0.1) is 0 Å². The van der Waals surface area contributed by atoms with Gasteiger partial charge in [0.15, 0.2) is 5.96 Å². The van der Waals surface area contributed by atoms with Gasteiger partial charge in [-0.2, -0.15) is 0 Å². The number of nitrogens with two attached hydrogens (primary N) is 1. The summed E-state index contributed by atoms with van der Waals surface area (Å²) >= 11 is 0. The van der Waals surface area contributed by atoms with Crippen LogP contribution in [0.3, 0.4) is 0 Å². The van der Waals surface area contributed by atoms with Crippen molar-refractivity contribution in [1.29, 1.82) is 0 Å². The quantitative estimate of drug-likeness (QED) is 0.565. The summed E-state index contributed by atoms with van der Waals surface area (Å²) in [6.45, 7) is 3.37. The van der Waals surface area contributed by atoms with Gasteiger partial charge in [-0.25, -0.2) is 9.98 Å². The summed E-state index contributed by atoms with van der Waals surface area (Å²) in [5, 5.41) is 3.03. The summed E-state index contributed by atoms with van der Waals surface area (Å²) in [4.78, 5) is 11.8. The summed E-state index contributed by atoms with van der Waals surface area (Å²) < 4.78 is 0. The molecule has 2 rings (SSSR count). The van der Waals surface area contributed by atoms with Gasteiger partial charge in [0.1, 0.15) is 12.4 Å². The average molecular weight is 257 g/mol. The highest BCUT2D eigenvalue weighted by Gasteiger charge is 2.02. The number of guanidine groups is 1. The number of rotatable bonds is 5. The fourth-order valence-corrected chi connectivity index (χ4v) is 1.68. The first-order valence-corrected chi connectivity index (χ1v) is 6.42. The Morgan fingerprint density at radius 2 is 2.16 bits per heavy atom. The minimum absolute atomic E-state index is 0.454. The number of aliphatic imine (C=N–C) groups is 1. The standard InChI is InChI=1S/C14H19N5/c1-2-8-16-14(15)18-10-13-17-9-12(19-13)11-6-4-3-5-7-11/h3-7,9H,2,8,10H2,1H3,(H,17,19)(H3,15,16,18). The van der Waals surface area contributed by atoms with Crippen molar-refractivity contribution in [3.05, 3.63) is 42.4 Å². The van der Waals surface area contributed by atoms with Crippen LogP contribution >= 0.6 is 0 Å². The Morgan fingerprint density at radius 1 is 1.37 bits per heavy atom. The Hall–Kier alpha value is -2.30. The normalized spacial score (nSPS) is 11.5. The smallest absolute Gasteiger partial charge is 0.189 e. The van der Waals surface area contributed by atoms with E-state index in [-0.39, 0.29) is 0 Å². The number of nitrogens with one attached hydrogen (secondary N) is 2. The van der Waals surface area contributed by atoms with E-state index in [1.165, 1.54) is 0 Å². The van der Waals surface area contributed by atoms with Crippen molar-refractivity contribution in [2.75, 3.05) is 6.54 Å². The van der Waals surface area contributed by atoms with E-state index >= 15 is 0 Å². The van der Waals surface area contributed by atoms with Gasteiger partial charge in [0.2, 0.25) is 0 Å². The summed E-state index contributed by atoms with van der Waals surface area (Å²) in [7, 11) is 0. The zero-order valence-corrected chi connectivity index (χ0v) is 11.1. The van der Waals surface area contributed by atoms with Crippen molar-refractivity contribution < 1.29 is 0 Å². The van der Waals surface area contributed by atoms with Gasteiger partial charge >= 0.3 is 0 Å². The molecule has 0 spiro atoms. The molecule has 0 radical (unpaired) electrons. The van der Waals surface area contributed by atoms with Crippen LogP contribution in [0.25, 0.3) is 11.3 Å². The molecule has 0 atom stereocenters. The molecule has 0 aliphatic carbocycles. The first-order valence-electron chi connectivity index (χ1n) is 6.42. The molecule has 0 aliphatic heterocycles. The molecule has 100 valence electrons. The zero-order chi connectivity index (χ0) is 13.5. The number of hydrogen-bond acceptors (Lipinski definition) is 2. The maximum Gasteiger partial charge on any atom is 0.189 e. The van der Waals surface area contributed by atoms with E-state index in [0.717, 1.165) is 30.0 Å². The van der Waals surface area contributed by atoms with Gasteiger partial charge in [0, 0.05) is 6.54 Å². The largest absolute Gasteiger partial charge is 0.370 e. The molecule has 1 aromatic heterocycles. The number of aromatic nitrogens is 2. The van der Waals surface area contributed by atoms with E-state index < -0.39 is 0 Å². The van der Waals surface area contributed by atoms with Crippen LogP contribution in [0.2, 0.25) is 0 Å². The molecule has 2 aromatic rings. The van der Waals surface area contributed by atoms with Crippen molar-refractivity contribution in [3.63, 3.8) is 0 Å². The number of nitrogens with zero attached hydrogens (tertiary/aromatic N) is 2. The number of imidazole rings is 1. The van der Waals surface area contributed by atoms with E-state index in [9.17, 15) is 0 Å². The van der Waals surface area contributed by atoms with Crippen LogP contribution in [0.1, 0.15) is 19.2 Å². The lowest BCUT2D eigenvalue weighted by atomic mass is 10.2. The van der Waals surface area contributed by atoms with Crippen molar-refractivity contribution in [1.82, 2.24) is 15.3 Å². The third-order valence-electron chi connectivity index (χ3n) is 2.67. The topological polar surface area (TPSA) is 79.1 Å². The number of benzene rings is 1. The summed E-state index contributed by atoms with van der Waals surface area (Å²) in [6.07, 6.45) is 2.84. The maximum absolute atomic E-state index is 5.72. The lowest BCUT2D eigenvalue weighted by Crippen LogP contribution is -2.32. The Balaban J connectivity index is 1.98. The average Bonchev–Trinajstić information content (AvgIpc) is 2.93. The van der Waals surface area contributed by atoms with Crippen molar-refractivity contribution in [3.8, 4) is 11.3 Å². The molecule has 0 unspecified atom stereocenters. The van der Waals surface area contributed by atoms with Crippen LogP contribution in [-0.4, -0.2) is 22.5 Å². The summed E-state index contributed by atoms with van der Waals surface area (Å²) in [5.41, 5.74) is 7.83. The molecule has 1 heterocycles. The van der Waals surface area contributed by atoms with Crippen LogP contribution in [0.4, 0.5) is 0 Å². The minimum atomic E-state index is 0.454. The Morgan fingerprint density at radius 3 is 2.89 bits per heavy atom. The molecule has 0 fully saturated rings. The highest BCUT2D eigenvalue weighted by Crippen LogP contribution is 2.16. The van der Waals surface area contributed by atoms with Gasteiger partial charge in [0.05, 0.1) is 11.9 Å². The van der Waals surface area contributed by atoms with Crippen molar-refractivity contribution >= 4 is 5.96 Å². The Kier molecular flexibility index (Phi) is 4.55. The van der Waals surface area contributed by atoms with Gasteiger partial charge in [0.25, 0.3) is 0 Å². The maximum atomic E-state index is 5.72. The summed E-state index contributed by atoms with van der Waals surface area (Å²) in [5.74, 6) is 1.26. The molecule has 4 N–H and O–H groups in total. The van der Waals surface area contributed by atoms with Crippen LogP contribution < -0.4 is 11.1 Å². The SMILES string of the molecule is CCCNC(N)=NCc1ncc(-c2ccccc2)[nH]1. The van der Waals surface area contributed by atoms with Crippen molar-refractivity contribution in [2.45, 2.75) is 19.9 Å². The first kappa shape index (κ1) is 13.1. The fourth-order valence-electron chi connectivity index (χ4n) is 1.68. The van der Waals surface area contributed by atoms with E-state index in [2.05, 4.69) is 27.2 Å². The van der Waals surface area contributed by atoms with E-state index in [0.29, 0.717) is 12.5 Å².